The second-order valence-corrected chi connectivity index (χ2v) is 5.83. The van der Waals surface area contributed by atoms with Crippen molar-refractivity contribution in [2.24, 2.45) is 0 Å². The molecule has 1 aliphatic heterocycles. The molecule has 1 aromatic heterocycles. The van der Waals surface area contributed by atoms with Crippen LogP contribution in [0.5, 0.6) is 0 Å². The van der Waals surface area contributed by atoms with Crippen molar-refractivity contribution < 1.29 is 15.0 Å². The number of aromatic nitrogens is 1. The van der Waals surface area contributed by atoms with Crippen LogP contribution in [0, 0.1) is 0 Å². The van der Waals surface area contributed by atoms with Gasteiger partial charge < -0.3 is 25.0 Å². The molecule has 122 valence electrons. The third-order valence-electron chi connectivity index (χ3n) is 4.14. The van der Waals surface area contributed by atoms with Crippen molar-refractivity contribution in [1.29, 1.82) is 0 Å². The number of likely N-dealkylation sites (N-methyl/N-ethyl adjacent to an activating group) is 1. The van der Waals surface area contributed by atoms with Crippen LogP contribution in [0.2, 0.25) is 0 Å². The first kappa shape index (κ1) is 15.6. The summed E-state index contributed by atoms with van der Waals surface area (Å²) in [4.78, 5) is 14.1. The van der Waals surface area contributed by atoms with Crippen molar-refractivity contribution >= 4 is 11.6 Å². The van der Waals surface area contributed by atoms with Gasteiger partial charge in [0.05, 0.1) is 25.8 Å². The lowest BCUT2D eigenvalue weighted by Gasteiger charge is -2.21. The number of carbonyl (C=O) groups is 1. The normalized spacial score (nSPS) is 14.2. The fraction of sp³-hybridized carbons (Fsp3) is 0.353. The zero-order chi connectivity index (χ0) is 16.4. The van der Waals surface area contributed by atoms with Crippen LogP contribution >= 0.6 is 0 Å². The van der Waals surface area contributed by atoms with Crippen LogP contribution in [-0.2, 0) is 13.1 Å². The number of aliphatic hydroxyl groups is 2. The summed E-state index contributed by atoms with van der Waals surface area (Å²) in [5, 5.41) is 21.8. The van der Waals surface area contributed by atoms with Crippen molar-refractivity contribution in [1.82, 2.24) is 9.47 Å². The highest BCUT2D eigenvalue weighted by Crippen LogP contribution is 2.24. The molecule has 3 rings (SSSR count). The van der Waals surface area contributed by atoms with Gasteiger partial charge >= 0.3 is 0 Å². The summed E-state index contributed by atoms with van der Waals surface area (Å²) in [6.45, 7) is 1.03. The van der Waals surface area contributed by atoms with Crippen LogP contribution < -0.4 is 5.32 Å². The molecular weight excluding hydrogens is 294 g/mol. The highest BCUT2D eigenvalue weighted by Gasteiger charge is 2.22. The summed E-state index contributed by atoms with van der Waals surface area (Å²) in [6, 6.07) is 11.8. The smallest absolute Gasteiger partial charge is 0.270 e. The van der Waals surface area contributed by atoms with Crippen LogP contribution in [0.25, 0.3) is 0 Å². The highest BCUT2D eigenvalue weighted by molar-refractivity contribution is 5.93. The molecule has 3 N–H and O–H groups in total. The van der Waals surface area contributed by atoms with E-state index in [1.807, 2.05) is 41.0 Å². The van der Waals surface area contributed by atoms with Gasteiger partial charge in [0.1, 0.15) is 5.69 Å². The first-order chi connectivity index (χ1) is 11.1. The standard InChI is InChI=1S/C17H21N3O3/c1-19(10-14(22)11-21)17(23)16-7-6-13-8-18-15-5-3-2-4-12(15)9-20(13)16/h2-7,14,18,21-22H,8-11H2,1H3. The maximum atomic E-state index is 12.6. The number of carbonyl (C=O) groups excluding carboxylic acids is 1. The van der Waals surface area contributed by atoms with Crippen LogP contribution in [0.3, 0.4) is 0 Å². The molecule has 1 aliphatic rings. The Morgan fingerprint density at radius 3 is 2.91 bits per heavy atom. The second-order valence-electron chi connectivity index (χ2n) is 5.83. The zero-order valence-corrected chi connectivity index (χ0v) is 13.1. The lowest BCUT2D eigenvalue weighted by molar-refractivity contribution is 0.0513. The van der Waals surface area contributed by atoms with Gasteiger partial charge in [-0.3, -0.25) is 4.79 Å². The van der Waals surface area contributed by atoms with Gasteiger partial charge in [-0.2, -0.15) is 0 Å². The molecule has 0 bridgehead atoms. The molecule has 23 heavy (non-hydrogen) atoms. The van der Waals surface area contributed by atoms with E-state index in [1.165, 1.54) is 4.90 Å². The van der Waals surface area contributed by atoms with Crippen molar-refractivity contribution in [3.8, 4) is 0 Å². The predicted molar refractivity (Wildman–Crippen MR) is 87.4 cm³/mol. The summed E-state index contributed by atoms with van der Waals surface area (Å²) in [5.74, 6) is -0.164. The summed E-state index contributed by atoms with van der Waals surface area (Å²) >= 11 is 0. The molecule has 1 aromatic carbocycles. The number of para-hydroxylation sites is 1. The minimum Gasteiger partial charge on any atom is -0.394 e. The minimum absolute atomic E-state index is 0.102. The largest absolute Gasteiger partial charge is 0.394 e. The highest BCUT2D eigenvalue weighted by atomic mass is 16.3. The number of rotatable bonds is 4. The molecule has 6 heteroatoms. The Bertz CT molecular complexity index is 711. The van der Waals surface area contributed by atoms with E-state index in [4.69, 9.17) is 5.11 Å². The summed E-state index contributed by atoms with van der Waals surface area (Å²) in [5.41, 5.74) is 3.85. The topological polar surface area (TPSA) is 77.7 Å². The molecule has 0 saturated carbocycles. The van der Waals surface area contributed by atoms with E-state index < -0.39 is 6.10 Å². The molecule has 0 aliphatic carbocycles. The number of hydrogen-bond donors (Lipinski definition) is 3. The summed E-state index contributed by atoms with van der Waals surface area (Å²) < 4.78 is 2.00. The Labute approximate surface area is 135 Å². The quantitative estimate of drug-likeness (QED) is 0.783. The van der Waals surface area contributed by atoms with E-state index in [0.717, 1.165) is 16.9 Å². The number of aliphatic hydroxyl groups excluding tert-OH is 2. The number of nitrogens with one attached hydrogen (secondary N) is 1. The van der Waals surface area contributed by atoms with Crippen molar-refractivity contribution in [2.45, 2.75) is 19.2 Å². The molecule has 1 atom stereocenters. The van der Waals surface area contributed by atoms with Crippen molar-refractivity contribution in [3.05, 3.63) is 53.3 Å². The monoisotopic (exact) mass is 315 g/mol. The van der Waals surface area contributed by atoms with Crippen molar-refractivity contribution in [2.75, 3.05) is 25.5 Å². The maximum Gasteiger partial charge on any atom is 0.270 e. The van der Waals surface area contributed by atoms with Crippen molar-refractivity contribution in [3.63, 3.8) is 0 Å². The predicted octanol–water partition coefficient (Wildman–Crippen LogP) is 0.887. The molecular formula is C17H21N3O3. The second kappa shape index (κ2) is 6.44. The van der Waals surface area contributed by atoms with Gasteiger partial charge in [-0.15, -0.1) is 0 Å². The number of fused-ring (bicyclic) bond motifs is 2. The molecule has 0 radical (unpaired) electrons. The van der Waals surface area contributed by atoms with Gasteiger partial charge in [-0.05, 0) is 23.8 Å². The Kier molecular flexibility index (Phi) is 4.36. The van der Waals surface area contributed by atoms with Crippen LogP contribution in [0.15, 0.2) is 36.4 Å². The SMILES string of the molecule is CN(CC(O)CO)C(=O)c1ccc2n1Cc1ccccc1NC2. The van der Waals surface area contributed by atoms with Crippen LogP contribution in [-0.4, -0.2) is 51.9 Å². The molecule has 0 spiro atoms. The van der Waals surface area contributed by atoms with E-state index >= 15 is 0 Å². The fourth-order valence-corrected chi connectivity index (χ4v) is 2.88. The van der Waals surface area contributed by atoms with Gasteiger partial charge in [0.15, 0.2) is 0 Å². The number of benzene rings is 1. The third-order valence-corrected chi connectivity index (χ3v) is 4.14. The van der Waals surface area contributed by atoms with Crippen LogP contribution in [0.1, 0.15) is 21.7 Å². The van der Waals surface area contributed by atoms with E-state index in [2.05, 4.69) is 5.32 Å². The van der Waals surface area contributed by atoms with Gasteiger partial charge in [0, 0.05) is 25.0 Å². The lowest BCUT2D eigenvalue weighted by atomic mass is 10.2. The number of hydrogen-bond acceptors (Lipinski definition) is 4. The van der Waals surface area contributed by atoms with E-state index in [-0.39, 0.29) is 19.1 Å². The Hall–Kier alpha value is -2.31. The van der Waals surface area contributed by atoms with Gasteiger partial charge in [0.25, 0.3) is 5.91 Å². The minimum atomic E-state index is -0.926. The van der Waals surface area contributed by atoms with E-state index in [1.54, 1.807) is 7.05 Å². The fourth-order valence-electron chi connectivity index (χ4n) is 2.88. The molecule has 0 saturated heterocycles. The molecule has 0 fully saturated rings. The average Bonchev–Trinajstić information content (AvgIpc) is 2.86. The van der Waals surface area contributed by atoms with Gasteiger partial charge in [0.2, 0.25) is 0 Å². The molecule has 2 aromatic rings. The van der Waals surface area contributed by atoms with E-state index in [9.17, 15) is 9.90 Å². The summed E-state index contributed by atoms with van der Waals surface area (Å²) in [7, 11) is 1.63. The molecule has 1 unspecified atom stereocenters. The number of anilines is 1. The zero-order valence-electron chi connectivity index (χ0n) is 13.1. The summed E-state index contributed by atoms with van der Waals surface area (Å²) in [6.07, 6.45) is -0.926. The Morgan fingerprint density at radius 2 is 2.13 bits per heavy atom. The van der Waals surface area contributed by atoms with Gasteiger partial charge in [-0.1, -0.05) is 18.2 Å². The Morgan fingerprint density at radius 1 is 1.35 bits per heavy atom. The third kappa shape index (κ3) is 3.09. The number of amides is 1. The first-order valence-corrected chi connectivity index (χ1v) is 7.64. The molecule has 2 heterocycles. The molecule has 6 nitrogen and oxygen atoms in total. The van der Waals surface area contributed by atoms with E-state index in [0.29, 0.717) is 18.8 Å². The Balaban J connectivity index is 1.87. The number of nitrogens with zero attached hydrogens (tertiary/aromatic N) is 2. The molecule has 1 amide bonds. The van der Waals surface area contributed by atoms with Gasteiger partial charge in [-0.25, -0.2) is 0 Å². The average molecular weight is 315 g/mol. The lowest BCUT2D eigenvalue weighted by Crippen LogP contribution is -2.36. The maximum absolute atomic E-state index is 12.6. The first-order valence-electron chi connectivity index (χ1n) is 7.64. The van der Waals surface area contributed by atoms with Crippen LogP contribution in [0.4, 0.5) is 5.69 Å².